The number of primary amides is 2. The average molecular weight is 1590 g/mol. The number of nitrogens with one attached hydrogen (secondary N) is 12. The summed E-state index contributed by atoms with van der Waals surface area (Å²) in [5.74, 6) is -17.4. The molecule has 1 aromatic carbocycles. The summed E-state index contributed by atoms with van der Waals surface area (Å²) in [4.78, 5) is 218. The van der Waals surface area contributed by atoms with Crippen molar-refractivity contribution in [2.75, 3.05) is 32.8 Å². The Balaban J connectivity index is 3.63. The van der Waals surface area contributed by atoms with E-state index < -0.39 is 211 Å². The van der Waals surface area contributed by atoms with Gasteiger partial charge in [0.25, 0.3) is 0 Å². The highest BCUT2D eigenvalue weighted by Gasteiger charge is 2.38. The van der Waals surface area contributed by atoms with Crippen LogP contribution in [-0.2, 0) is 78.3 Å². The van der Waals surface area contributed by atoms with E-state index in [1.807, 2.05) is 0 Å². The van der Waals surface area contributed by atoms with E-state index >= 15 is 0 Å². The molecule has 41 nitrogen and oxygen atoms in total. The fourth-order valence-corrected chi connectivity index (χ4v) is 11.1. The average Bonchev–Trinajstić information content (AvgIpc) is 0.862. The lowest BCUT2D eigenvalue weighted by molar-refractivity contribution is -0.141. The van der Waals surface area contributed by atoms with Gasteiger partial charge in [-0.3, -0.25) is 86.9 Å². The minimum absolute atomic E-state index is 0.0142. The van der Waals surface area contributed by atoms with Crippen LogP contribution >= 0.6 is 0 Å². The third kappa shape index (κ3) is 40.1. The number of aliphatic hydroxyl groups excluding tert-OH is 1. The number of aliphatic imine (C=N–C) groups is 3. The SMILES string of the molecule is CC[C@H](C)[C@H](NC(=O)[C@H](CCCN=C(N)N)NC(=O)[C@@H](NC(=O)[C@@H](N)CCCN=C(N)N)[C@@H](C)CC)C(=O)NCC(=O)N[C@@H](CC(C)C)C(=O)N[C@@H](Cc1ccccc1)C(=O)N[C@@H](CC(=O)O)C(=O)N[C@@H](CCC(N)=O)C(=O)N[C@@H](CC(C)C)C(=O)N[C@@H](CO)C(=O)N[C@@H](CCCN=C(N)N)C(=O)N[C@@H](CC(C)C)C(N)=O. The Morgan fingerprint density at radius 1 is 0.402 bits per heavy atom. The number of nitrogens with zero attached hydrogens (tertiary/aromatic N) is 3. The maximum absolute atomic E-state index is 14.6. The van der Waals surface area contributed by atoms with Crippen molar-refractivity contribution in [1.82, 2.24) is 63.8 Å². The smallest absolute Gasteiger partial charge is 0.305 e. The molecule has 41 heteroatoms. The number of hydrogen-bond acceptors (Lipinski definition) is 20. The topological polar surface area (TPSA) is 712 Å². The zero-order valence-corrected chi connectivity index (χ0v) is 65.9. The van der Waals surface area contributed by atoms with Crippen LogP contribution < -0.4 is 115 Å². The first kappa shape index (κ1) is 99.0. The fraction of sp³-hybridized carbons (Fsp3) is 0.662. The maximum Gasteiger partial charge on any atom is 0.305 e. The van der Waals surface area contributed by atoms with Gasteiger partial charge in [0, 0.05) is 32.5 Å². The minimum atomic E-state index is -2.04. The van der Waals surface area contributed by atoms with E-state index in [1.165, 1.54) is 0 Å². The van der Waals surface area contributed by atoms with Crippen molar-refractivity contribution in [3.8, 4) is 0 Å². The van der Waals surface area contributed by atoms with Crippen molar-refractivity contribution in [2.45, 2.75) is 238 Å². The van der Waals surface area contributed by atoms with Gasteiger partial charge in [-0.1, -0.05) is 112 Å². The van der Waals surface area contributed by atoms with E-state index in [0.717, 1.165) is 0 Å². The lowest BCUT2D eigenvalue weighted by Crippen LogP contribution is -2.61. The molecule has 14 amide bonds. The molecule has 0 heterocycles. The third-order valence-electron chi connectivity index (χ3n) is 17.6. The monoisotopic (exact) mass is 1580 g/mol. The van der Waals surface area contributed by atoms with Gasteiger partial charge in [0.1, 0.15) is 66.5 Å². The van der Waals surface area contributed by atoms with Crippen LogP contribution in [0.2, 0.25) is 0 Å². The molecule has 0 aliphatic heterocycles. The molecule has 1 rings (SSSR count). The maximum atomic E-state index is 14.6. The van der Waals surface area contributed by atoms with Gasteiger partial charge in [0.15, 0.2) is 17.9 Å². The van der Waals surface area contributed by atoms with Crippen LogP contribution in [0.25, 0.3) is 0 Å². The number of aliphatic hydroxyl groups is 1. The molecule has 0 aromatic heterocycles. The normalized spacial score (nSPS) is 14.8. The molecule has 0 spiro atoms. The van der Waals surface area contributed by atoms with Crippen LogP contribution in [0.4, 0.5) is 0 Å². The Morgan fingerprint density at radius 3 is 1.21 bits per heavy atom. The molecule has 14 atom stereocenters. The van der Waals surface area contributed by atoms with Crippen molar-refractivity contribution < 1.29 is 82.1 Å². The fourth-order valence-electron chi connectivity index (χ4n) is 11.1. The largest absolute Gasteiger partial charge is 0.481 e. The summed E-state index contributed by atoms with van der Waals surface area (Å²) in [7, 11) is 0. The molecular weight excluding hydrogens is 1460 g/mol. The second-order valence-electron chi connectivity index (χ2n) is 28.8. The first-order valence-electron chi connectivity index (χ1n) is 37.5. The molecule has 0 saturated heterocycles. The first-order valence-corrected chi connectivity index (χ1v) is 37.5. The summed E-state index contributed by atoms with van der Waals surface area (Å²) in [6.45, 7) is 15.7. The molecule has 0 bridgehead atoms. The summed E-state index contributed by atoms with van der Waals surface area (Å²) in [5.41, 5.74) is 50.4. The standard InChI is InChI=1S/C71H124N24O17/c1-11-39(9)55(95-61(105)44(23-18-28-83-71(79)80)88-68(112)56(40(10)12-2)94-58(102)42(72)21-16-26-81-69(75)76)67(111)84-34-53(98)85-47(30-37(5)6)62(106)91-49(32-41-19-14-13-15-20-41)64(108)92-50(33-54(99)100)65(109)87-45(24-25-52(73)97)60(104)90-48(31-38(7)8)63(107)93-51(35-96)66(110)86-43(22-17-27-82-70(77)78)59(103)89-46(57(74)101)29-36(3)4/h13-15,19-20,36-40,42-51,55-56,96H,11-12,16-18,21-35,72H2,1-10H3,(H2,73,97)(H2,74,101)(H,84,111)(H,85,98)(H,86,110)(H,87,109)(H,88,112)(H,89,103)(H,90,104)(H,91,106)(H,92,108)(H,93,107)(H,94,102)(H,95,105)(H,99,100)(H4,75,76,81)(H4,77,78,82)(H4,79,80,83)/t39-,40-,42-,43-,44-,45-,46-,47-,48-,49-,50-,51-,55-,56-/m0/s1. The molecule has 0 fully saturated rings. The Morgan fingerprint density at radius 2 is 0.759 bits per heavy atom. The van der Waals surface area contributed by atoms with Crippen LogP contribution in [0, 0.1) is 29.6 Å². The molecule has 0 aliphatic carbocycles. The number of carboxylic acid groups (broad SMARTS) is 1. The zero-order valence-electron chi connectivity index (χ0n) is 65.9. The number of carbonyl (C=O) groups excluding carboxylic acids is 14. The lowest BCUT2D eigenvalue weighted by atomic mass is 9.96. The van der Waals surface area contributed by atoms with Gasteiger partial charge >= 0.3 is 5.97 Å². The Bertz CT molecular complexity index is 3370. The van der Waals surface area contributed by atoms with Crippen molar-refractivity contribution in [2.24, 2.45) is 96.2 Å². The summed E-state index contributed by atoms with van der Waals surface area (Å²) < 4.78 is 0. The molecule has 32 N–H and O–H groups in total. The summed E-state index contributed by atoms with van der Waals surface area (Å²) in [5, 5.41) is 50.8. The molecule has 0 saturated carbocycles. The van der Waals surface area contributed by atoms with Crippen LogP contribution in [-0.4, -0.2) is 222 Å². The van der Waals surface area contributed by atoms with Gasteiger partial charge in [-0.25, -0.2) is 0 Å². The van der Waals surface area contributed by atoms with E-state index in [1.54, 1.807) is 99.6 Å². The summed E-state index contributed by atoms with van der Waals surface area (Å²) in [6, 6.07) is -9.59. The zero-order chi connectivity index (χ0) is 85.1. The van der Waals surface area contributed by atoms with Gasteiger partial charge in [-0.05, 0) is 99.4 Å². The van der Waals surface area contributed by atoms with Gasteiger partial charge in [0.2, 0.25) is 82.7 Å². The predicted molar refractivity (Wildman–Crippen MR) is 416 cm³/mol. The first-order chi connectivity index (χ1) is 52.5. The summed E-state index contributed by atoms with van der Waals surface area (Å²) in [6.07, 6.45) is -1.31. The van der Waals surface area contributed by atoms with E-state index in [4.69, 9.17) is 51.6 Å². The van der Waals surface area contributed by atoms with Crippen molar-refractivity contribution in [3.05, 3.63) is 35.9 Å². The molecule has 112 heavy (non-hydrogen) atoms. The number of benzene rings is 1. The van der Waals surface area contributed by atoms with Gasteiger partial charge in [-0.2, -0.15) is 0 Å². The lowest BCUT2D eigenvalue weighted by Gasteiger charge is -2.29. The minimum Gasteiger partial charge on any atom is -0.481 e. The van der Waals surface area contributed by atoms with Gasteiger partial charge in [0.05, 0.1) is 25.6 Å². The third-order valence-corrected chi connectivity index (χ3v) is 17.6. The van der Waals surface area contributed by atoms with E-state index in [9.17, 15) is 82.1 Å². The number of hydrogen-bond donors (Lipinski definition) is 23. The molecule has 0 aliphatic rings. The number of carbonyl (C=O) groups is 15. The number of carboxylic acids is 1. The second-order valence-corrected chi connectivity index (χ2v) is 28.8. The molecular formula is C71H124N24O17. The number of nitrogens with two attached hydrogens (primary N) is 9. The number of rotatable bonds is 55. The van der Waals surface area contributed by atoms with Crippen LogP contribution in [0.5, 0.6) is 0 Å². The van der Waals surface area contributed by atoms with Crippen LogP contribution in [0.3, 0.4) is 0 Å². The Kier molecular flexibility index (Phi) is 46.2. The van der Waals surface area contributed by atoms with E-state index in [2.05, 4.69) is 78.8 Å². The quantitative estimate of drug-likeness (QED) is 0.0164. The van der Waals surface area contributed by atoms with Gasteiger partial charge < -0.3 is 126 Å². The van der Waals surface area contributed by atoms with Crippen molar-refractivity contribution >= 4 is 107 Å². The Hall–Kier alpha value is -11.0. The highest BCUT2D eigenvalue weighted by atomic mass is 16.4. The highest BCUT2D eigenvalue weighted by molar-refractivity contribution is 6.00. The number of amides is 14. The van der Waals surface area contributed by atoms with E-state index in [0.29, 0.717) is 24.8 Å². The summed E-state index contributed by atoms with van der Waals surface area (Å²) >= 11 is 0. The van der Waals surface area contributed by atoms with Crippen molar-refractivity contribution in [1.29, 1.82) is 0 Å². The van der Waals surface area contributed by atoms with Crippen LogP contribution in [0.1, 0.15) is 165 Å². The second kappa shape index (κ2) is 52.2. The number of guanidine groups is 3. The van der Waals surface area contributed by atoms with Gasteiger partial charge in [-0.15, -0.1) is 0 Å². The van der Waals surface area contributed by atoms with E-state index in [-0.39, 0.29) is 107 Å². The highest BCUT2D eigenvalue weighted by Crippen LogP contribution is 2.16. The number of aliphatic carboxylic acids is 1. The molecule has 1 aromatic rings. The van der Waals surface area contributed by atoms with Crippen LogP contribution in [0.15, 0.2) is 45.3 Å². The van der Waals surface area contributed by atoms with Crippen molar-refractivity contribution in [3.63, 3.8) is 0 Å². The molecule has 0 radical (unpaired) electrons. The molecule has 0 unspecified atom stereocenters. The Labute approximate surface area is 653 Å². The molecule has 630 valence electrons. The predicted octanol–water partition coefficient (Wildman–Crippen LogP) is -6.39.